The lowest BCUT2D eigenvalue weighted by Gasteiger charge is -2.05. The summed E-state index contributed by atoms with van der Waals surface area (Å²) in [5, 5.41) is 0. The van der Waals surface area contributed by atoms with E-state index in [4.69, 9.17) is 4.74 Å². The molecule has 0 aromatic heterocycles. The minimum atomic E-state index is -0.315. The van der Waals surface area contributed by atoms with Crippen LogP contribution in [0.4, 0.5) is 0 Å². The van der Waals surface area contributed by atoms with Crippen LogP contribution in [-0.2, 0) is 9.53 Å². The van der Waals surface area contributed by atoms with Crippen LogP contribution in [0.5, 0.6) is 0 Å². The van der Waals surface area contributed by atoms with E-state index < -0.39 is 0 Å². The zero-order valence-electron chi connectivity index (χ0n) is 9.03. The monoisotopic (exact) mass is 300 g/mol. The van der Waals surface area contributed by atoms with E-state index in [1.807, 2.05) is 24.3 Å². The number of rotatable bonds is 5. The van der Waals surface area contributed by atoms with Gasteiger partial charge in [-0.3, -0.25) is 0 Å². The van der Waals surface area contributed by atoms with E-state index in [1.54, 1.807) is 18.7 Å². The maximum absolute atomic E-state index is 11.3. The number of esters is 1. The molecule has 0 atom stereocenters. The van der Waals surface area contributed by atoms with Crippen LogP contribution in [0, 0.1) is 0 Å². The second kappa shape index (κ2) is 6.76. The molecule has 0 N–H and O–H groups in total. The van der Waals surface area contributed by atoms with E-state index >= 15 is 0 Å². The van der Waals surface area contributed by atoms with Crippen molar-refractivity contribution in [1.82, 2.24) is 0 Å². The Labute approximate surface area is 108 Å². The van der Waals surface area contributed by atoms with E-state index in [-0.39, 0.29) is 5.97 Å². The molecule has 1 aromatic rings. The Morgan fingerprint density at radius 1 is 1.56 bits per heavy atom. The normalized spacial score (nSPS) is 9.88. The second-order valence-electron chi connectivity index (χ2n) is 3.07. The quantitative estimate of drug-likeness (QED) is 0.471. The summed E-state index contributed by atoms with van der Waals surface area (Å²) < 4.78 is 5.88. The van der Waals surface area contributed by atoms with Gasteiger partial charge in [0, 0.05) is 20.7 Å². The summed E-state index contributed by atoms with van der Waals surface area (Å²) in [5.74, 6) is 0.236. The minimum absolute atomic E-state index is 0.315. The fraction of sp³-hybridized carbons (Fsp3) is 0.250. The topological polar surface area (TPSA) is 26.3 Å². The van der Waals surface area contributed by atoms with Crippen molar-refractivity contribution in [2.75, 3.05) is 12.4 Å². The van der Waals surface area contributed by atoms with Crippen LogP contribution in [0.25, 0.3) is 0 Å². The second-order valence-corrected chi connectivity index (χ2v) is 5.03. The number of hydrogen-bond donors (Lipinski definition) is 0. The van der Waals surface area contributed by atoms with E-state index in [0.29, 0.717) is 17.9 Å². The first-order chi connectivity index (χ1) is 7.63. The molecule has 0 spiro atoms. The summed E-state index contributed by atoms with van der Waals surface area (Å²) in [4.78, 5) is 12.4. The molecule has 4 heteroatoms. The molecule has 0 saturated carbocycles. The third kappa shape index (κ3) is 4.41. The van der Waals surface area contributed by atoms with Crippen molar-refractivity contribution in [3.63, 3.8) is 0 Å². The lowest BCUT2D eigenvalue weighted by atomic mass is 10.3. The standard InChI is InChI=1S/C12H13BrO2S/c1-3-15-12(14)9(2)8-16-11-6-4-5-10(13)7-11/h4-7H,2-3,8H2,1H3. The SMILES string of the molecule is C=C(CSc1cccc(Br)c1)C(=O)OCC. The van der Waals surface area contributed by atoms with Crippen molar-refractivity contribution >= 4 is 33.7 Å². The van der Waals surface area contributed by atoms with Crippen LogP contribution in [0.3, 0.4) is 0 Å². The molecule has 0 saturated heterocycles. The maximum Gasteiger partial charge on any atom is 0.334 e. The molecule has 0 heterocycles. The van der Waals surface area contributed by atoms with Gasteiger partial charge in [0.15, 0.2) is 0 Å². The molecule has 0 fully saturated rings. The average Bonchev–Trinajstić information content (AvgIpc) is 2.26. The lowest BCUT2D eigenvalue weighted by Crippen LogP contribution is -2.08. The average molecular weight is 301 g/mol. The Balaban J connectivity index is 2.46. The van der Waals surface area contributed by atoms with E-state index in [0.717, 1.165) is 9.37 Å². The number of halogens is 1. The van der Waals surface area contributed by atoms with Gasteiger partial charge in [0.05, 0.1) is 6.61 Å². The Bertz CT molecular complexity index is 390. The van der Waals surface area contributed by atoms with Crippen molar-refractivity contribution in [1.29, 1.82) is 0 Å². The van der Waals surface area contributed by atoms with Gasteiger partial charge in [-0.25, -0.2) is 4.79 Å². The predicted molar refractivity (Wildman–Crippen MR) is 70.6 cm³/mol. The molecule has 0 aliphatic carbocycles. The number of ether oxygens (including phenoxy) is 1. The van der Waals surface area contributed by atoms with Crippen molar-refractivity contribution in [2.24, 2.45) is 0 Å². The zero-order valence-corrected chi connectivity index (χ0v) is 11.4. The smallest absolute Gasteiger partial charge is 0.334 e. The molecule has 0 radical (unpaired) electrons. The number of carbonyl (C=O) groups is 1. The molecule has 0 aliphatic rings. The van der Waals surface area contributed by atoms with Gasteiger partial charge < -0.3 is 4.74 Å². The summed E-state index contributed by atoms with van der Waals surface area (Å²) in [6, 6.07) is 7.92. The van der Waals surface area contributed by atoms with Gasteiger partial charge in [0.1, 0.15) is 0 Å². The van der Waals surface area contributed by atoms with Crippen LogP contribution in [0.15, 0.2) is 45.8 Å². The molecule has 0 bridgehead atoms. The maximum atomic E-state index is 11.3. The first-order valence-electron chi connectivity index (χ1n) is 4.86. The molecule has 1 rings (SSSR count). The van der Waals surface area contributed by atoms with Crippen LogP contribution in [-0.4, -0.2) is 18.3 Å². The molecule has 86 valence electrons. The summed E-state index contributed by atoms with van der Waals surface area (Å²) in [6.07, 6.45) is 0. The van der Waals surface area contributed by atoms with Gasteiger partial charge in [-0.1, -0.05) is 28.6 Å². The highest BCUT2D eigenvalue weighted by atomic mass is 79.9. The number of carbonyl (C=O) groups excluding carboxylic acids is 1. The van der Waals surface area contributed by atoms with E-state index in [9.17, 15) is 4.79 Å². The van der Waals surface area contributed by atoms with Gasteiger partial charge in [-0.15, -0.1) is 11.8 Å². The first-order valence-corrected chi connectivity index (χ1v) is 6.64. The van der Waals surface area contributed by atoms with Crippen molar-refractivity contribution in [3.8, 4) is 0 Å². The van der Waals surface area contributed by atoms with Crippen LogP contribution < -0.4 is 0 Å². The van der Waals surface area contributed by atoms with Crippen LogP contribution in [0.1, 0.15) is 6.92 Å². The molecule has 16 heavy (non-hydrogen) atoms. The highest BCUT2D eigenvalue weighted by Gasteiger charge is 2.07. The number of thioether (sulfide) groups is 1. The van der Waals surface area contributed by atoms with Gasteiger partial charge in [-0.2, -0.15) is 0 Å². The number of benzene rings is 1. The lowest BCUT2D eigenvalue weighted by molar-refractivity contribution is -0.138. The summed E-state index contributed by atoms with van der Waals surface area (Å²) in [5.41, 5.74) is 0.492. The summed E-state index contributed by atoms with van der Waals surface area (Å²) in [6.45, 7) is 5.88. The Kier molecular flexibility index (Phi) is 5.63. The largest absolute Gasteiger partial charge is 0.463 e. The van der Waals surface area contributed by atoms with Gasteiger partial charge in [-0.05, 0) is 25.1 Å². The Morgan fingerprint density at radius 3 is 2.94 bits per heavy atom. The third-order valence-corrected chi connectivity index (χ3v) is 3.35. The van der Waals surface area contributed by atoms with Crippen molar-refractivity contribution in [2.45, 2.75) is 11.8 Å². The Morgan fingerprint density at radius 2 is 2.31 bits per heavy atom. The van der Waals surface area contributed by atoms with Gasteiger partial charge in [0.2, 0.25) is 0 Å². The van der Waals surface area contributed by atoms with Gasteiger partial charge in [0.25, 0.3) is 0 Å². The molecule has 1 aromatic carbocycles. The minimum Gasteiger partial charge on any atom is -0.463 e. The van der Waals surface area contributed by atoms with E-state index in [2.05, 4.69) is 22.5 Å². The molecule has 0 amide bonds. The Hall–Kier alpha value is -0.740. The fourth-order valence-electron chi connectivity index (χ4n) is 1.02. The van der Waals surface area contributed by atoms with Gasteiger partial charge >= 0.3 is 5.97 Å². The first kappa shape index (κ1) is 13.3. The van der Waals surface area contributed by atoms with E-state index in [1.165, 1.54) is 0 Å². The molecule has 0 aliphatic heterocycles. The highest BCUT2D eigenvalue weighted by Crippen LogP contribution is 2.23. The summed E-state index contributed by atoms with van der Waals surface area (Å²) in [7, 11) is 0. The highest BCUT2D eigenvalue weighted by molar-refractivity contribution is 9.10. The third-order valence-electron chi connectivity index (χ3n) is 1.77. The fourth-order valence-corrected chi connectivity index (χ4v) is 2.41. The molecule has 2 nitrogen and oxygen atoms in total. The van der Waals surface area contributed by atoms with Crippen LogP contribution in [0.2, 0.25) is 0 Å². The molecule has 0 unspecified atom stereocenters. The van der Waals surface area contributed by atoms with Crippen molar-refractivity contribution in [3.05, 3.63) is 40.9 Å². The molecular formula is C12H13BrO2S. The number of hydrogen-bond acceptors (Lipinski definition) is 3. The molecular weight excluding hydrogens is 288 g/mol. The van der Waals surface area contributed by atoms with Crippen LogP contribution >= 0.6 is 27.7 Å². The zero-order chi connectivity index (χ0) is 12.0. The summed E-state index contributed by atoms with van der Waals surface area (Å²) >= 11 is 4.96. The van der Waals surface area contributed by atoms with Crippen molar-refractivity contribution < 1.29 is 9.53 Å². The predicted octanol–water partition coefficient (Wildman–Crippen LogP) is 3.66.